The van der Waals surface area contributed by atoms with Gasteiger partial charge in [-0.15, -0.1) is 0 Å². The van der Waals surface area contributed by atoms with Crippen molar-refractivity contribution in [2.75, 3.05) is 5.32 Å². The Labute approximate surface area is 179 Å². The van der Waals surface area contributed by atoms with Crippen LogP contribution in [-0.4, -0.2) is 0 Å². The van der Waals surface area contributed by atoms with Gasteiger partial charge in [-0.25, -0.2) is 0 Å². The number of benzene rings is 4. The van der Waals surface area contributed by atoms with Crippen molar-refractivity contribution < 1.29 is 0 Å². The number of hydrogen-bond donors (Lipinski definition) is 1. The van der Waals surface area contributed by atoms with Crippen molar-refractivity contribution in [1.82, 2.24) is 0 Å². The van der Waals surface area contributed by atoms with Crippen LogP contribution in [0.3, 0.4) is 0 Å². The second kappa shape index (κ2) is 5.84. The summed E-state index contributed by atoms with van der Waals surface area (Å²) in [6.45, 7) is 4.37. The van der Waals surface area contributed by atoms with Crippen LogP contribution in [0.4, 0.5) is 11.4 Å². The third-order valence-electron chi connectivity index (χ3n) is 6.43. The van der Waals surface area contributed by atoms with E-state index in [9.17, 15) is 0 Å². The van der Waals surface area contributed by atoms with Crippen LogP contribution in [0, 0.1) is 13.8 Å². The molecule has 1 aliphatic heterocycles. The number of halogens is 1. The van der Waals surface area contributed by atoms with E-state index in [4.69, 9.17) is 0 Å². The number of aryl methyl sites for hydroxylation is 2. The summed E-state index contributed by atoms with van der Waals surface area (Å²) in [6.07, 6.45) is 0. The lowest BCUT2D eigenvalue weighted by atomic mass is 9.64. The van der Waals surface area contributed by atoms with Crippen LogP contribution in [0.2, 0.25) is 0 Å². The molecule has 0 radical (unpaired) electrons. The van der Waals surface area contributed by atoms with Crippen LogP contribution in [-0.2, 0) is 5.41 Å². The predicted octanol–water partition coefficient (Wildman–Crippen LogP) is 7.49. The van der Waals surface area contributed by atoms with Crippen molar-refractivity contribution in [3.05, 3.63) is 117 Å². The Kier molecular flexibility index (Phi) is 3.43. The van der Waals surface area contributed by atoms with Gasteiger partial charge in [-0.05, 0) is 71.5 Å². The summed E-state index contributed by atoms with van der Waals surface area (Å²) in [6, 6.07) is 29.2. The number of anilines is 2. The minimum atomic E-state index is -0.316. The number of hydrogen-bond acceptors (Lipinski definition) is 1. The lowest BCUT2D eigenvalue weighted by Crippen LogP contribution is -2.33. The van der Waals surface area contributed by atoms with Gasteiger partial charge in [0.05, 0.1) is 5.41 Å². The molecule has 0 aromatic heterocycles. The van der Waals surface area contributed by atoms with E-state index >= 15 is 0 Å². The molecule has 0 unspecified atom stereocenters. The second-order valence-electron chi connectivity index (χ2n) is 8.21. The van der Waals surface area contributed by atoms with Crippen LogP contribution in [0.1, 0.15) is 33.4 Å². The first-order chi connectivity index (χ1) is 14.1. The van der Waals surface area contributed by atoms with Crippen molar-refractivity contribution in [2.45, 2.75) is 19.3 Å². The molecule has 2 aliphatic rings. The molecule has 0 fully saturated rings. The summed E-state index contributed by atoms with van der Waals surface area (Å²) >= 11 is 3.75. The van der Waals surface area contributed by atoms with E-state index in [1.54, 1.807) is 0 Å². The summed E-state index contributed by atoms with van der Waals surface area (Å²) in [4.78, 5) is 0. The maximum atomic E-state index is 3.75. The van der Waals surface area contributed by atoms with Crippen molar-refractivity contribution in [2.24, 2.45) is 0 Å². The van der Waals surface area contributed by atoms with Crippen molar-refractivity contribution in [3.8, 4) is 11.1 Å². The monoisotopic (exact) mass is 437 g/mol. The van der Waals surface area contributed by atoms with Crippen LogP contribution in [0.25, 0.3) is 11.1 Å². The Morgan fingerprint density at radius 3 is 1.93 bits per heavy atom. The first-order valence-electron chi connectivity index (χ1n) is 9.98. The van der Waals surface area contributed by atoms with Crippen LogP contribution in [0.15, 0.2) is 83.3 Å². The van der Waals surface area contributed by atoms with E-state index in [-0.39, 0.29) is 5.41 Å². The fraction of sp³-hybridized carbons (Fsp3) is 0.111. The molecule has 0 bridgehead atoms. The number of nitrogens with one attached hydrogen (secondary N) is 1. The SMILES string of the molecule is Cc1ccc2c(c1)C1(c3cc(C)ccc3N2)c2ccccc2-c2ccc(Br)cc21. The molecule has 140 valence electrons. The average molecular weight is 438 g/mol. The highest BCUT2D eigenvalue weighted by molar-refractivity contribution is 9.10. The molecule has 6 rings (SSSR count). The molecule has 1 nitrogen and oxygen atoms in total. The summed E-state index contributed by atoms with van der Waals surface area (Å²) < 4.78 is 1.12. The van der Waals surface area contributed by atoms with Gasteiger partial charge in [-0.1, -0.05) is 81.7 Å². The summed E-state index contributed by atoms with van der Waals surface area (Å²) in [5, 5.41) is 3.71. The smallest absolute Gasteiger partial charge is 0.0754 e. The molecular formula is C27H20BrN. The first kappa shape index (κ1) is 17.1. The molecule has 0 amide bonds. The van der Waals surface area contributed by atoms with Crippen LogP contribution >= 0.6 is 15.9 Å². The highest BCUT2D eigenvalue weighted by Gasteiger charge is 2.50. The maximum absolute atomic E-state index is 3.75. The quantitative estimate of drug-likeness (QED) is 0.259. The maximum Gasteiger partial charge on any atom is 0.0754 e. The van der Waals surface area contributed by atoms with Gasteiger partial charge in [0.2, 0.25) is 0 Å². The summed E-state index contributed by atoms with van der Waals surface area (Å²) in [5.74, 6) is 0. The molecule has 0 saturated carbocycles. The molecule has 0 saturated heterocycles. The Hall–Kier alpha value is -2.84. The Bertz CT molecular complexity index is 1270. The van der Waals surface area contributed by atoms with Gasteiger partial charge in [-0.2, -0.15) is 0 Å². The standard InChI is InChI=1S/C27H20BrN/c1-16-7-11-25-23(13-16)27(24-14-17(2)8-12-26(24)29-25)21-6-4-3-5-19(21)20-10-9-18(28)15-22(20)27/h3-15,29H,1-2H3. The molecular weight excluding hydrogens is 418 g/mol. The Morgan fingerprint density at radius 2 is 1.24 bits per heavy atom. The van der Waals surface area contributed by atoms with Crippen molar-refractivity contribution >= 4 is 27.3 Å². The van der Waals surface area contributed by atoms with E-state index in [0.717, 1.165) is 4.47 Å². The van der Waals surface area contributed by atoms with Gasteiger partial charge in [-0.3, -0.25) is 0 Å². The van der Waals surface area contributed by atoms with Gasteiger partial charge in [0, 0.05) is 15.8 Å². The second-order valence-corrected chi connectivity index (χ2v) is 9.12. The third kappa shape index (κ3) is 2.15. The zero-order chi connectivity index (χ0) is 19.8. The lowest BCUT2D eigenvalue weighted by Gasteiger charge is -2.41. The van der Waals surface area contributed by atoms with E-state index < -0.39 is 0 Å². The molecule has 1 aliphatic carbocycles. The Balaban J connectivity index is 1.87. The number of rotatable bonds is 0. The summed E-state index contributed by atoms with van der Waals surface area (Å²) in [5.41, 5.74) is 12.7. The molecule has 4 aromatic carbocycles. The zero-order valence-electron chi connectivity index (χ0n) is 16.4. The molecule has 29 heavy (non-hydrogen) atoms. The van der Waals surface area contributed by atoms with Crippen molar-refractivity contribution in [1.29, 1.82) is 0 Å². The molecule has 1 heterocycles. The van der Waals surface area contributed by atoms with E-state index in [1.165, 1.54) is 55.9 Å². The van der Waals surface area contributed by atoms with Gasteiger partial charge >= 0.3 is 0 Å². The molecule has 0 atom stereocenters. The molecule has 4 aromatic rings. The zero-order valence-corrected chi connectivity index (χ0v) is 18.0. The fourth-order valence-corrected chi connectivity index (χ4v) is 5.64. The average Bonchev–Trinajstić information content (AvgIpc) is 3.00. The summed E-state index contributed by atoms with van der Waals surface area (Å²) in [7, 11) is 0. The third-order valence-corrected chi connectivity index (χ3v) is 6.93. The first-order valence-corrected chi connectivity index (χ1v) is 10.8. The largest absolute Gasteiger partial charge is 0.355 e. The van der Waals surface area contributed by atoms with E-state index in [0.29, 0.717) is 0 Å². The topological polar surface area (TPSA) is 12.0 Å². The van der Waals surface area contributed by atoms with E-state index in [2.05, 4.69) is 114 Å². The van der Waals surface area contributed by atoms with Gasteiger partial charge in [0.15, 0.2) is 0 Å². The van der Waals surface area contributed by atoms with Gasteiger partial charge < -0.3 is 5.32 Å². The van der Waals surface area contributed by atoms with Gasteiger partial charge in [0.1, 0.15) is 0 Å². The highest BCUT2D eigenvalue weighted by atomic mass is 79.9. The highest BCUT2D eigenvalue weighted by Crippen LogP contribution is 2.61. The predicted molar refractivity (Wildman–Crippen MR) is 124 cm³/mol. The normalized spacial score (nSPS) is 14.6. The van der Waals surface area contributed by atoms with E-state index in [1.807, 2.05) is 0 Å². The fourth-order valence-electron chi connectivity index (χ4n) is 5.28. The molecule has 1 N–H and O–H groups in total. The minimum absolute atomic E-state index is 0.316. The van der Waals surface area contributed by atoms with Crippen LogP contribution < -0.4 is 5.32 Å². The Morgan fingerprint density at radius 1 is 0.621 bits per heavy atom. The number of fused-ring (bicyclic) bond motifs is 9. The van der Waals surface area contributed by atoms with Gasteiger partial charge in [0.25, 0.3) is 0 Å². The minimum Gasteiger partial charge on any atom is -0.355 e. The van der Waals surface area contributed by atoms with Crippen LogP contribution in [0.5, 0.6) is 0 Å². The van der Waals surface area contributed by atoms with Crippen molar-refractivity contribution in [3.63, 3.8) is 0 Å². The molecule has 1 spiro atoms. The lowest BCUT2D eigenvalue weighted by molar-refractivity contribution is 0.760. The molecule has 2 heteroatoms.